The SMILES string of the molecule is O=C(c1csc(N2CCC2)n1)N1CCSCC1. The summed E-state index contributed by atoms with van der Waals surface area (Å²) in [5.41, 5.74) is 0.629. The number of hydrogen-bond acceptors (Lipinski definition) is 5. The largest absolute Gasteiger partial charge is 0.348 e. The van der Waals surface area contributed by atoms with E-state index < -0.39 is 0 Å². The van der Waals surface area contributed by atoms with Crippen LogP contribution in [0.3, 0.4) is 0 Å². The van der Waals surface area contributed by atoms with E-state index in [1.165, 1.54) is 6.42 Å². The van der Waals surface area contributed by atoms with Gasteiger partial charge in [-0.25, -0.2) is 4.98 Å². The fourth-order valence-corrected chi connectivity index (χ4v) is 3.70. The van der Waals surface area contributed by atoms with Crippen molar-refractivity contribution in [2.45, 2.75) is 6.42 Å². The van der Waals surface area contributed by atoms with E-state index in [2.05, 4.69) is 9.88 Å². The van der Waals surface area contributed by atoms with Crippen molar-refractivity contribution in [2.24, 2.45) is 0 Å². The minimum absolute atomic E-state index is 0.105. The number of carbonyl (C=O) groups excluding carboxylic acids is 1. The Hall–Kier alpha value is -0.750. The van der Waals surface area contributed by atoms with E-state index >= 15 is 0 Å². The molecule has 0 aliphatic carbocycles. The minimum Gasteiger partial charge on any atom is -0.348 e. The Bertz CT molecular complexity index is 411. The summed E-state index contributed by atoms with van der Waals surface area (Å²) in [6.45, 7) is 3.89. The van der Waals surface area contributed by atoms with Gasteiger partial charge in [-0.1, -0.05) is 0 Å². The molecule has 2 aliphatic rings. The molecule has 1 aromatic heterocycles. The zero-order chi connectivity index (χ0) is 11.7. The Labute approximate surface area is 109 Å². The first-order chi connectivity index (χ1) is 8.34. The predicted octanol–water partition coefficient (Wildman–Crippen LogP) is 1.54. The van der Waals surface area contributed by atoms with Gasteiger partial charge in [0, 0.05) is 43.1 Å². The Morgan fingerprint density at radius 3 is 2.65 bits per heavy atom. The molecule has 3 heterocycles. The van der Waals surface area contributed by atoms with Gasteiger partial charge in [-0.05, 0) is 6.42 Å². The van der Waals surface area contributed by atoms with Gasteiger partial charge in [-0.2, -0.15) is 11.8 Å². The zero-order valence-corrected chi connectivity index (χ0v) is 11.2. The second-order valence-electron chi connectivity index (χ2n) is 4.26. The van der Waals surface area contributed by atoms with Gasteiger partial charge in [-0.3, -0.25) is 4.79 Å². The van der Waals surface area contributed by atoms with Crippen molar-refractivity contribution in [2.75, 3.05) is 42.6 Å². The number of carbonyl (C=O) groups is 1. The summed E-state index contributed by atoms with van der Waals surface area (Å²) in [5, 5.41) is 2.91. The quantitative estimate of drug-likeness (QED) is 0.816. The molecule has 0 N–H and O–H groups in total. The maximum Gasteiger partial charge on any atom is 0.273 e. The van der Waals surface area contributed by atoms with Gasteiger partial charge in [0.1, 0.15) is 5.69 Å². The van der Waals surface area contributed by atoms with Crippen molar-refractivity contribution in [1.82, 2.24) is 9.88 Å². The first-order valence-corrected chi connectivity index (χ1v) is 7.95. The number of anilines is 1. The number of thiazole rings is 1. The van der Waals surface area contributed by atoms with Gasteiger partial charge < -0.3 is 9.80 Å². The molecule has 0 aromatic carbocycles. The highest BCUT2D eigenvalue weighted by molar-refractivity contribution is 7.99. The first kappa shape index (κ1) is 11.3. The molecular formula is C11H15N3OS2. The number of amides is 1. The van der Waals surface area contributed by atoms with Gasteiger partial charge in [0.2, 0.25) is 0 Å². The summed E-state index contributed by atoms with van der Waals surface area (Å²) < 4.78 is 0. The van der Waals surface area contributed by atoms with Crippen LogP contribution in [-0.2, 0) is 0 Å². The van der Waals surface area contributed by atoms with Crippen molar-refractivity contribution >= 4 is 34.1 Å². The van der Waals surface area contributed by atoms with Crippen LogP contribution in [0.4, 0.5) is 5.13 Å². The number of aromatic nitrogens is 1. The molecule has 0 unspecified atom stereocenters. The molecule has 3 rings (SSSR count). The van der Waals surface area contributed by atoms with Gasteiger partial charge in [-0.15, -0.1) is 11.3 Å². The average molecular weight is 269 g/mol. The molecule has 0 saturated carbocycles. The van der Waals surface area contributed by atoms with E-state index in [9.17, 15) is 4.79 Å². The Morgan fingerprint density at radius 2 is 2.00 bits per heavy atom. The molecule has 17 heavy (non-hydrogen) atoms. The van der Waals surface area contributed by atoms with E-state index in [4.69, 9.17) is 0 Å². The van der Waals surface area contributed by atoms with Gasteiger partial charge in [0.25, 0.3) is 5.91 Å². The maximum absolute atomic E-state index is 12.2. The van der Waals surface area contributed by atoms with Gasteiger partial charge in [0.05, 0.1) is 0 Å². The third-order valence-corrected chi connectivity index (χ3v) is 4.98. The van der Waals surface area contributed by atoms with Crippen molar-refractivity contribution < 1.29 is 4.79 Å². The lowest BCUT2D eigenvalue weighted by atomic mass is 10.2. The number of hydrogen-bond donors (Lipinski definition) is 0. The summed E-state index contributed by atoms with van der Waals surface area (Å²) in [6, 6.07) is 0. The van der Waals surface area contributed by atoms with Crippen LogP contribution in [-0.4, -0.2) is 53.5 Å². The molecule has 4 nitrogen and oxygen atoms in total. The molecule has 1 aromatic rings. The number of thioether (sulfide) groups is 1. The monoisotopic (exact) mass is 269 g/mol. The third-order valence-electron chi connectivity index (χ3n) is 3.14. The fourth-order valence-electron chi connectivity index (χ4n) is 1.94. The van der Waals surface area contributed by atoms with Crippen molar-refractivity contribution in [3.8, 4) is 0 Å². The van der Waals surface area contributed by atoms with Gasteiger partial charge >= 0.3 is 0 Å². The van der Waals surface area contributed by atoms with Crippen LogP contribution in [0, 0.1) is 0 Å². The van der Waals surface area contributed by atoms with Crippen molar-refractivity contribution in [3.05, 3.63) is 11.1 Å². The lowest BCUT2D eigenvalue weighted by molar-refractivity contribution is 0.0767. The van der Waals surface area contributed by atoms with Crippen molar-refractivity contribution in [3.63, 3.8) is 0 Å². The molecule has 92 valence electrons. The van der Waals surface area contributed by atoms with Crippen LogP contribution >= 0.6 is 23.1 Å². The van der Waals surface area contributed by atoms with Crippen LogP contribution < -0.4 is 4.90 Å². The van der Waals surface area contributed by atoms with Crippen LogP contribution in [0.5, 0.6) is 0 Å². The highest BCUT2D eigenvalue weighted by atomic mass is 32.2. The Morgan fingerprint density at radius 1 is 1.24 bits per heavy atom. The molecule has 0 spiro atoms. The standard InChI is InChI=1S/C11H15N3OS2/c15-10(13-4-6-16-7-5-13)9-8-17-11(12-9)14-2-1-3-14/h8H,1-7H2. The smallest absolute Gasteiger partial charge is 0.273 e. The summed E-state index contributed by atoms with van der Waals surface area (Å²) in [7, 11) is 0. The lowest BCUT2D eigenvalue weighted by Crippen LogP contribution is -2.38. The van der Waals surface area contributed by atoms with E-state index in [1.807, 2.05) is 22.0 Å². The Balaban J connectivity index is 1.69. The van der Waals surface area contributed by atoms with Crippen LogP contribution in [0.2, 0.25) is 0 Å². The van der Waals surface area contributed by atoms with Crippen LogP contribution in [0.25, 0.3) is 0 Å². The molecular weight excluding hydrogens is 254 g/mol. The second kappa shape index (κ2) is 4.86. The zero-order valence-electron chi connectivity index (χ0n) is 9.59. The number of rotatable bonds is 2. The molecule has 1 amide bonds. The molecule has 2 fully saturated rings. The van der Waals surface area contributed by atoms with Gasteiger partial charge in [0.15, 0.2) is 5.13 Å². The molecule has 2 saturated heterocycles. The molecule has 0 bridgehead atoms. The highest BCUT2D eigenvalue weighted by Crippen LogP contribution is 2.25. The van der Waals surface area contributed by atoms with Crippen LogP contribution in [0.1, 0.15) is 16.9 Å². The second-order valence-corrected chi connectivity index (χ2v) is 6.32. The number of nitrogens with zero attached hydrogens (tertiary/aromatic N) is 3. The summed E-state index contributed by atoms with van der Waals surface area (Å²) >= 11 is 3.50. The summed E-state index contributed by atoms with van der Waals surface area (Å²) in [4.78, 5) is 20.8. The first-order valence-electron chi connectivity index (χ1n) is 5.92. The molecule has 0 radical (unpaired) electrons. The summed E-state index contributed by atoms with van der Waals surface area (Å²) in [6.07, 6.45) is 1.24. The third kappa shape index (κ3) is 2.28. The minimum atomic E-state index is 0.105. The average Bonchev–Trinajstić information content (AvgIpc) is 2.76. The van der Waals surface area contributed by atoms with E-state index in [0.29, 0.717) is 5.69 Å². The fraction of sp³-hybridized carbons (Fsp3) is 0.636. The highest BCUT2D eigenvalue weighted by Gasteiger charge is 2.23. The molecule has 6 heteroatoms. The predicted molar refractivity (Wildman–Crippen MR) is 72.2 cm³/mol. The van der Waals surface area contributed by atoms with E-state index in [1.54, 1.807) is 11.3 Å². The Kier molecular flexibility index (Phi) is 3.24. The van der Waals surface area contributed by atoms with Crippen LogP contribution in [0.15, 0.2) is 5.38 Å². The normalized spacial score (nSPS) is 20.2. The summed E-state index contributed by atoms with van der Waals surface area (Å²) in [5.74, 6) is 2.21. The topological polar surface area (TPSA) is 36.4 Å². The maximum atomic E-state index is 12.2. The lowest BCUT2D eigenvalue weighted by Gasteiger charge is -2.30. The van der Waals surface area contributed by atoms with E-state index in [-0.39, 0.29) is 5.91 Å². The molecule has 0 atom stereocenters. The van der Waals surface area contributed by atoms with E-state index in [0.717, 1.165) is 42.8 Å². The van der Waals surface area contributed by atoms with Crippen molar-refractivity contribution in [1.29, 1.82) is 0 Å². The molecule has 2 aliphatic heterocycles.